The molecule has 0 bridgehead atoms. The van der Waals surface area contributed by atoms with Crippen molar-refractivity contribution in [1.82, 2.24) is 66.0 Å². The summed E-state index contributed by atoms with van der Waals surface area (Å²) in [6.45, 7) is 10.5. The molecule has 626 valence electrons. The molecule has 113 heavy (non-hydrogen) atoms. The minimum atomic E-state index is -4.88. The summed E-state index contributed by atoms with van der Waals surface area (Å²) in [6.07, 6.45) is -0.877. The summed E-state index contributed by atoms with van der Waals surface area (Å²) in [4.78, 5) is 139. The van der Waals surface area contributed by atoms with Gasteiger partial charge in [-0.25, -0.2) is 15.0 Å². The molecular weight excluding hydrogens is 1600 g/mol. The van der Waals surface area contributed by atoms with Gasteiger partial charge in [0.15, 0.2) is 5.69 Å². The van der Waals surface area contributed by atoms with Crippen molar-refractivity contribution in [3.05, 3.63) is 92.9 Å². The van der Waals surface area contributed by atoms with Gasteiger partial charge in [0.05, 0.1) is 114 Å². The third-order valence-corrected chi connectivity index (χ3v) is 19.1. The predicted molar refractivity (Wildman–Crippen MR) is 417 cm³/mol. The maximum absolute atomic E-state index is 14.3. The van der Waals surface area contributed by atoms with Gasteiger partial charge in [0.2, 0.25) is 35.4 Å². The fourth-order valence-corrected chi connectivity index (χ4v) is 13.0. The van der Waals surface area contributed by atoms with Crippen molar-refractivity contribution in [3.8, 4) is 23.0 Å². The van der Waals surface area contributed by atoms with E-state index in [9.17, 15) is 76.7 Å². The summed E-state index contributed by atoms with van der Waals surface area (Å²) in [5.74, 6) is -7.16. The number of aryl methyl sites for hydroxylation is 1. The molecule has 6 rings (SSSR count). The number of amides is 5. The van der Waals surface area contributed by atoms with Crippen LogP contribution in [-0.4, -0.2) is 315 Å². The van der Waals surface area contributed by atoms with E-state index in [2.05, 4.69) is 64.0 Å². The van der Waals surface area contributed by atoms with Crippen LogP contribution in [-0.2, 0) is 76.4 Å². The largest absolute Gasteiger partial charge is 0.481 e. The molecule has 0 spiro atoms. The van der Waals surface area contributed by atoms with Gasteiger partial charge in [-0.05, 0) is 142 Å². The SMILES string of the molecule is CCOc1ccc(C(=O)N2CCN(c3ccc(-c4cccnc4OCC)nc3CNCCCOCCOCCOCCOCCNC(=O)[C@@H](CCCCNC(=O)CN3CCN(CC(=O)O)CCN(CC(=O)O)CCN(CC(=O)O)CC3)NC(=O)[C@@H](CCC(=O)O)NC(=O)CCCc3ccc(I)cc3)[C@H](CC)C2)c(C(F)(F)F)n1. The number of alkyl halides is 3. The van der Waals surface area contributed by atoms with Crippen LogP contribution in [0.4, 0.5) is 18.9 Å². The second-order valence-corrected chi connectivity index (χ2v) is 28.2. The molecule has 1 aromatic carbocycles. The highest BCUT2D eigenvalue weighted by Gasteiger charge is 2.41. The second-order valence-electron chi connectivity index (χ2n) is 26.9. The van der Waals surface area contributed by atoms with Crippen LogP contribution in [0.1, 0.15) is 106 Å². The Morgan fingerprint density at radius 3 is 1.74 bits per heavy atom. The number of ether oxygens (including phenoxy) is 6. The maximum Gasteiger partial charge on any atom is 0.434 e. The Kier molecular flexibility index (Phi) is 42.4. The van der Waals surface area contributed by atoms with E-state index in [0.717, 1.165) is 20.9 Å². The quantitative estimate of drug-likeness (QED) is 0.0223. The fourth-order valence-electron chi connectivity index (χ4n) is 12.6. The number of carboxylic acid groups (broad SMARTS) is 4. The Bertz CT molecular complexity index is 3600. The summed E-state index contributed by atoms with van der Waals surface area (Å²) in [7, 11) is 0. The van der Waals surface area contributed by atoms with Gasteiger partial charge >= 0.3 is 30.1 Å². The molecule has 9 N–H and O–H groups in total. The first-order valence-electron chi connectivity index (χ1n) is 38.4. The van der Waals surface area contributed by atoms with Crippen molar-refractivity contribution >= 4 is 81.7 Å². The number of anilines is 1. The number of unbranched alkanes of at least 4 members (excludes halogenated alkanes) is 1. The molecule has 2 aliphatic heterocycles. The van der Waals surface area contributed by atoms with E-state index in [4.69, 9.17) is 33.4 Å². The number of carbonyl (C=O) groups is 9. The van der Waals surface area contributed by atoms with E-state index < -0.39 is 83.4 Å². The number of aliphatic carboxylic acids is 4. The first-order valence-corrected chi connectivity index (χ1v) is 39.4. The minimum Gasteiger partial charge on any atom is -0.481 e. The van der Waals surface area contributed by atoms with Crippen LogP contribution in [0.3, 0.4) is 0 Å². The van der Waals surface area contributed by atoms with Gasteiger partial charge in [-0.15, -0.1) is 0 Å². The lowest BCUT2D eigenvalue weighted by atomic mass is 10.0. The summed E-state index contributed by atoms with van der Waals surface area (Å²) < 4.78 is 77.8. The number of carboxylic acids is 4. The Balaban J connectivity index is 0.928. The zero-order valence-electron chi connectivity index (χ0n) is 64.6. The van der Waals surface area contributed by atoms with E-state index in [1.165, 1.54) is 11.0 Å². The average Bonchev–Trinajstić information content (AvgIpc) is 0.781. The maximum atomic E-state index is 14.3. The molecule has 0 radical (unpaired) electrons. The van der Waals surface area contributed by atoms with Crippen LogP contribution < -0.4 is 41.0 Å². The van der Waals surface area contributed by atoms with Crippen molar-refractivity contribution in [2.45, 2.75) is 116 Å². The van der Waals surface area contributed by atoms with E-state index in [1.54, 1.807) is 38.8 Å². The molecule has 5 amide bonds. The molecule has 3 aromatic heterocycles. The van der Waals surface area contributed by atoms with E-state index in [1.807, 2.05) is 56.3 Å². The van der Waals surface area contributed by atoms with Crippen LogP contribution in [0.15, 0.2) is 66.9 Å². The number of hydrogen-bond acceptors (Lipinski definition) is 24. The van der Waals surface area contributed by atoms with Crippen LogP contribution in [0.25, 0.3) is 11.3 Å². The van der Waals surface area contributed by atoms with Gasteiger partial charge in [0.25, 0.3) is 5.91 Å². The topological polar surface area (TPSA) is 408 Å². The Morgan fingerprint density at radius 1 is 0.566 bits per heavy atom. The summed E-state index contributed by atoms with van der Waals surface area (Å²) in [5.41, 5.74) is 2.05. The molecule has 0 aliphatic carbocycles. The minimum absolute atomic E-state index is 0.0368. The number of hydrogen-bond donors (Lipinski definition) is 9. The van der Waals surface area contributed by atoms with Gasteiger partial charge in [-0.3, -0.25) is 62.8 Å². The van der Waals surface area contributed by atoms with Gasteiger partial charge in [0.1, 0.15) is 12.1 Å². The lowest BCUT2D eigenvalue weighted by Crippen LogP contribution is -2.55. The van der Waals surface area contributed by atoms with Gasteiger partial charge in [0, 0.05) is 133 Å². The zero-order valence-corrected chi connectivity index (χ0v) is 66.8. The third-order valence-electron chi connectivity index (χ3n) is 18.4. The smallest absolute Gasteiger partial charge is 0.434 e. The van der Waals surface area contributed by atoms with Crippen LogP contribution in [0, 0.1) is 3.57 Å². The van der Waals surface area contributed by atoms with Gasteiger partial charge in [-0.1, -0.05) is 19.1 Å². The number of piperazine rings is 1. The molecule has 3 atom stereocenters. The number of carbonyl (C=O) groups excluding carboxylic acids is 5. The lowest BCUT2D eigenvalue weighted by Gasteiger charge is -2.43. The zero-order chi connectivity index (χ0) is 81.9. The number of pyridine rings is 3. The molecular formula is C76H110F3IN14O19. The highest BCUT2D eigenvalue weighted by atomic mass is 127. The standard InChI is InChI=1S/C76H110F3IN14O19/c1-4-56-49-93(75(107)58-20-24-66(112-5-2)88-71(58)76(77,78)79)38-39-94(56)63-23-21-59(57-13-10-28-84-74(57)113-6-3)85-62(63)48-81-26-11-40-108-42-44-110-46-47-111-45-43-109-41-29-83-72(105)60(87-73(106)61(22-25-67(97)98)86-64(95)15-9-12-54-16-18-55(80)19-17-54)14-7-8-27-82-65(96)50-89-30-32-90(51-68(99)100)34-36-92(53-70(103)104)37-35-91(33-31-89)52-69(101)102/h10,13,16-21,23-24,28,56,60-61,81H,4-9,11-12,14-15,22,25-27,29-53H2,1-3H3,(H,82,96)(H,83,105)(H,86,95)(H,87,106)(H,97,98)(H,99,100)(H,101,102)(H,103,104)/t56-,60-,61-/m1/s1. The van der Waals surface area contributed by atoms with E-state index in [-0.39, 0.29) is 181 Å². The molecule has 4 aromatic rings. The number of nitrogens with one attached hydrogen (secondary N) is 5. The second kappa shape index (κ2) is 51.3. The number of halogens is 4. The number of benzene rings is 1. The molecule has 0 unspecified atom stereocenters. The molecule has 37 heteroatoms. The Morgan fingerprint density at radius 2 is 1.16 bits per heavy atom. The fraction of sp³-hybridized carbons (Fsp3) is 0.605. The molecule has 2 aliphatic rings. The van der Waals surface area contributed by atoms with E-state index in [0.29, 0.717) is 107 Å². The molecule has 5 heterocycles. The van der Waals surface area contributed by atoms with Crippen LogP contribution >= 0.6 is 22.6 Å². The first kappa shape index (κ1) is 93.3. The van der Waals surface area contributed by atoms with E-state index >= 15 is 0 Å². The normalized spacial score (nSPS) is 15.6. The van der Waals surface area contributed by atoms with Crippen LogP contribution in [0.5, 0.6) is 11.8 Å². The third kappa shape index (κ3) is 35.4. The summed E-state index contributed by atoms with van der Waals surface area (Å²) in [6, 6.07) is 15.1. The number of nitrogens with zero attached hydrogens (tertiary/aromatic N) is 9. The molecule has 0 saturated carbocycles. The predicted octanol–water partition coefficient (Wildman–Crippen LogP) is 3.98. The van der Waals surface area contributed by atoms with Crippen LogP contribution in [0.2, 0.25) is 0 Å². The molecule has 2 fully saturated rings. The van der Waals surface area contributed by atoms with Gasteiger partial charge < -0.3 is 85.2 Å². The Labute approximate surface area is 670 Å². The average molecular weight is 1710 g/mol. The molecule has 33 nitrogen and oxygen atoms in total. The van der Waals surface area contributed by atoms with Crippen molar-refractivity contribution in [2.24, 2.45) is 0 Å². The number of rotatable bonds is 50. The molecule has 2 saturated heterocycles. The Hall–Kier alpha value is -8.54. The van der Waals surface area contributed by atoms with Gasteiger partial charge in [-0.2, -0.15) is 13.2 Å². The summed E-state index contributed by atoms with van der Waals surface area (Å²) in [5, 5.41) is 52.8. The summed E-state index contributed by atoms with van der Waals surface area (Å²) >= 11 is 2.20. The highest BCUT2D eigenvalue weighted by Crippen LogP contribution is 2.35. The first-order chi connectivity index (χ1) is 54.3. The van der Waals surface area contributed by atoms with Crippen molar-refractivity contribution < 1.29 is 105 Å². The van der Waals surface area contributed by atoms with Crippen molar-refractivity contribution in [1.29, 1.82) is 0 Å². The lowest BCUT2D eigenvalue weighted by molar-refractivity contribution is -0.142. The monoisotopic (exact) mass is 1710 g/mol. The van der Waals surface area contributed by atoms with Crippen molar-refractivity contribution in [2.75, 3.05) is 189 Å². The highest BCUT2D eigenvalue weighted by molar-refractivity contribution is 14.1. The van der Waals surface area contributed by atoms with Crippen molar-refractivity contribution in [3.63, 3.8) is 0 Å². The number of aromatic nitrogens is 3.